The Morgan fingerprint density at radius 3 is 2.46 bits per heavy atom. The van der Waals surface area contributed by atoms with Crippen molar-refractivity contribution in [1.29, 1.82) is 0 Å². The molecule has 0 aliphatic carbocycles. The van der Waals surface area contributed by atoms with E-state index in [-0.39, 0.29) is 11.5 Å². The van der Waals surface area contributed by atoms with Gasteiger partial charge in [0.25, 0.3) is 0 Å². The van der Waals surface area contributed by atoms with Gasteiger partial charge in [0.05, 0.1) is 12.0 Å². The van der Waals surface area contributed by atoms with Crippen LogP contribution in [0.1, 0.15) is 47.8 Å². The SMILES string of the molecule is CCC1=NC(=O)NC(c2cccc(O)c2)C1C(=O)c1ccc(CC)cc1. The largest absolute Gasteiger partial charge is 0.508 e. The minimum atomic E-state index is -0.591. The maximum absolute atomic E-state index is 13.2. The molecule has 5 nitrogen and oxygen atoms in total. The summed E-state index contributed by atoms with van der Waals surface area (Å²) in [6.07, 6.45) is 1.41. The normalized spacial score (nSPS) is 19.6. The number of Topliss-reactive ketones (excluding diaryl/α,β-unsaturated/α-hetero) is 1. The molecule has 26 heavy (non-hydrogen) atoms. The first-order valence-corrected chi connectivity index (χ1v) is 8.83. The molecule has 3 rings (SSSR count). The summed E-state index contributed by atoms with van der Waals surface area (Å²) >= 11 is 0. The predicted molar refractivity (Wildman–Crippen MR) is 101 cm³/mol. The van der Waals surface area contributed by atoms with Gasteiger partial charge >= 0.3 is 6.03 Å². The van der Waals surface area contributed by atoms with Gasteiger partial charge in [-0.1, -0.05) is 50.2 Å². The Balaban J connectivity index is 2.03. The summed E-state index contributed by atoms with van der Waals surface area (Å²) < 4.78 is 0. The number of carbonyl (C=O) groups is 2. The van der Waals surface area contributed by atoms with Crippen LogP contribution in [0, 0.1) is 5.92 Å². The van der Waals surface area contributed by atoms with Gasteiger partial charge in [-0.15, -0.1) is 0 Å². The van der Waals surface area contributed by atoms with Gasteiger partial charge in [-0.05, 0) is 36.1 Å². The van der Waals surface area contributed by atoms with Crippen LogP contribution >= 0.6 is 0 Å². The van der Waals surface area contributed by atoms with Crippen LogP contribution in [0.25, 0.3) is 0 Å². The van der Waals surface area contributed by atoms with Crippen molar-refractivity contribution in [2.45, 2.75) is 32.7 Å². The Kier molecular flexibility index (Phi) is 5.16. The van der Waals surface area contributed by atoms with Crippen molar-refractivity contribution in [1.82, 2.24) is 5.32 Å². The predicted octanol–water partition coefficient (Wildman–Crippen LogP) is 4.07. The monoisotopic (exact) mass is 350 g/mol. The summed E-state index contributed by atoms with van der Waals surface area (Å²) in [7, 11) is 0. The lowest BCUT2D eigenvalue weighted by atomic mass is 9.81. The Labute approximate surface area is 152 Å². The zero-order chi connectivity index (χ0) is 18.7. The topological polar surface area (TPSA) is 78.8 Å². The molecule has 0 saturated heterocycles. The number of phenols is 1. The highest BCUT2D eigenvalue weighted by atomic mass is 16.3. The van der Waals surface area contributed by atoms with Crippen molar-refractivity contribution < 1.29 is 14.7 Å². The van der Waals surface area contributed by atoms with Crippen LogP contribution in [-0.2, 0) is 6.42 Å². The van der Waals surface area contributed by atoms with Crippen molar-refractivity contribution >= 4 is 17.5 Å². The molecular weight excluding hydrogens is 328 g/mol. The molecule has 0 aromatic heterocycles. The fraction of sp³-hybridized carbons (Fsp3) is 0.286. The van der Waals surface area contributed by atoms with E-state index in [1.807, 2.05) is 31.2 Å². The number of ketones is 1. The number of nitrogens with one attached hydrogen (secondary N) is 1. The van der Waals surface area contributed by atoms with Gasteiger partial charge in [0.2, 0.25) is 0 Å². The average molecular weight is 350 g/mol. The first-order valence-electron chi connectivity index (χ1n) is 8.83. The molecule has 1 aliphatic rings. The Morgan fingerprint density at radius 1 is 1.12 bits per heavy atom. The van der Waals surface area contributed by atoms with E-state index in [0.717, 1.165) is 12.0 Å². The number of phenolic OH excluding ortho intramolecular Hbond substituents is 1. The summed E-state index contributed by atoms with van der Waals surface area (Å²) in [6, 6.07) is 13.2. The molecular formula is C21H22N2O3. The van der Waals surface area contributed by atoms with Gasteiger partial charge in [0, 0.05) is 11.3 Å². The van der Waals surface area contributed by atoms with E-state index >= 15 is 0 Å². The minimum absolute atomic E-state index is 0.0819. The maximum atomic E-state index is 13.2. The third kappa shape index (κ3) is 3.52. The van der Waals surface area contributed by atoms with Crippen LogP contribution in [0.2, 0.25) is 0 Å². The van der Waals surface area contributed by atoms with Gasteiger partial charge in [-0.3, -0.25) is 4.79 Å². The fourth-order valence-electron chi connectivity index (χ4n) is 3.32. The molecule has 5 heteroatoms. The molecule has 2 atom stereocenters. The number of carbonyl (C=O) groups excluding carboxylic acids is 2. The number of nitrogens with zero attached hydrogens (tertiary/aromatic N) is 1. The number of hydrogen-bond donors (Lipinski definition) is 2. The molecule has 0 saturated carbocycles. The summed E-state index contributed by atoms with van der Waals surface area (Å²) in [5.74, 6) is -0.579. The molecule has 0 bridgehead atoms. The molecule has 2 aromatic rings. The summed E-state index contributed by atoms with van der Waals surface area (Å²) in [4.78, 5) is 29.3. The first kappa shape index (κ1) is 17.9. The van der Waals surface area contributed by atoms with Crippen molar-refractivity contribution in [2.75, 3.05) is 0 Å². The number of urea groups is 1. The van der Waals surface area contributed by atoms with Crippen molar-refractivity contribution in [3.63, 3.8) is 0 Å². The zero-order valence-electron chi connectivity index (χ0n) is 14.9. The minimum Gasteiger partial charge on any atom is -0.508 e. The maximum Gasteiger partial charge on any atom is 0.341 e. The van der Waals surface area contributed by atoms with E-state index in [4.69, 9.17) is 0 Å². The molecule has 134 valence electrons. The van der Waals surface area contributed by atoms with Crippen LogP contribution in [0.4, 0.5) is 4.79 Å². The number of aryl methyl sites for hydroxylation is 1. The number of hydrogen-bond acceptors (Lipinski definition) is 3. The lowest BCUT2D eigenvalue weighted by Crippen LogP contribution is -2.44. The van der Waals surface area contributed by atoms with Crippen molar-refractivity contribution in [3.8, 4) is 5.75 Å². The van der Waals surface area contributed by atoms with Gasteiger partial charge in [-0.25, -0.2) is 9.79 Å². The third-order valence-corrected chi connectivity index (χ3v) is 4.74. The van der Waals surface area contributed by atoms with E-state index in [9.17, 15) is 14.7 Å². The summed E-state index contributed by atoms with van der Waals surface area (Å²) in [5.41, 5.74) is 3.00. The molecule has 2 amide bonds. The third-order valence-electron chi connectivity index (χ3n) is 4.74. The average Bonchev–Trinajstić information content (AvgIpc) is 2.66. The molecule has 0 fully saturated rings. The van der Waals surface area contributed by atoms with E-state index in [2.05, 4.69) is 17.2 Å². The van der Waals surface area contributed by atoms with E-state index in [0.29, 0.717) is 23.3 Å². The van der Waals surface area contributed by atoms with Crippen LogP contribution in [0.5, 0.6) is 5.75 Å². The van der Waals surface area contributed by atoms with Crippen LogP contribution < -0.4 is 5.32 Å². The lowest BCUT2D eigenvalue weighted by molar-refractivity contribution is 0.0932. The Morgan fingerprint density at radius 2 is 1.85 bits per heavy atom. The second-order valence-corrected chi connectivity index (χ2v) is 6.37. The number of amides is 2. The summed E-state index contributed by atoms with van der Waals surface area (Å²) in [6.45, 7) is 3.95. The van der Waals surface area contributed by atoms with Gasteiger partial charge in [-0.2, -0.15) is 0 Å². The van der Waals surface area contributed by atoms with Crippen LogP contribution in [-0.4, -0.2) is 22.6 Å². The number of benzene rings is 2. The smallest absolute Gasteiger partial charge is 0.341 e. The number of rotatable bonds is 5. The highest BCUT2D eigenvalue weighted by Gasteiger charge is 2.38. The van der Waals surface area contributed by atoms with E-state index in [1.165, 1.54) is 0 Å². The molecule has 2 N–H and O–H groups in total. The molecule has 2 aromatic carbocycles. The zero-order valence-corrected chi connectivity index (χ0v) is 14.9. The lowest BCUT2D eigenvalue weighted by Gasteiger charge is -2.31. The number of aliphatic imine (C=N–C) groups is 1. The first-order chi connectivity index (χ1) is 12.5. The molecule has 0 radical (unpaired) electrons. The van der Waals surface area contributed by atoms with Gasteiger partial charge < -0.3 is 10.4 Å². The molecule has 1 heterocycles. The quantitative estimate of drug-likeness (QED) is 0.798. The van der Waals surface area contributed by atoms with Crippen molar-refractivity contribution in [3.05, 3.63) is 65.2 Å². The second kappa shape index (κ2) is 7.52. The molecule has 0 spiro atoms. The standard InChI is InChI=1S/C21H22N2O3/c1-3-13-8-10-14(11-9-13)20(25)18-17(4-2)22-21(26)23-19(18)15-6-5-7-16(24)12-15/h5-12,18-19,24H,3-4H2,1-2H3,(H,23,26). The Hall–Kier alpha value is -2.95. The second-order valence-electron chi connectivity index (χ2n) is 6.37. The van der Waals surface area contributed by atoms with E-state index in [1.54, 1.807) is 24.3 Å². The Bertz CT molecular complexity index is 856. The van der Waals surface area contributed by atoms with Gasteiger partial charge in [0.15, 0.2) is 5.78 Å². The molecule has 2 unspecified atom stereocenters. The van der Waals surface area contributed by atoms with Crippen LogP contribution in [0.15, 0.2) is 53.5 Å². The highest BCUT2D eigenvalue weighted by molar-refractivity contribution is 6.16. The van der Waals surface area contributed by atoms with Crippen molar-refractivity contribution in [2.24, 2.45) is 10.9 Å². The number of aromatic hydroxyl groups is 1. The van der Waals surface area contributed by atoms with E-state index < -0.39 is 18.0 Å². The van der Waals surface area contributed by atoms with Gasteiger partial charge in [0.1, 0.15) is 5.75 Å². The fourth-order valence-corrected chi connectivity index (χ4v) is 3.32. The summed E-state index contributed by atoms with van der Waals surface area (Å²) in [5, 5.41) is 12.6. The highest BCUT2D eigenvalue weighted by Crippen LogP contribution is 2.32. The van der Waals surface area contributed by atoms with Crippen LogP contribution in [0.3, 0.4) is 0 Å². The molecule has 1 aliphatic heterocycles.